The average molecular weight is 282 g/mol. The molecular formula is C17H22N4. The zero-order valence-electron chi connectivity index (χ0n) is 12.7. The van der Waals surface area contributed by atoms with Crippen LogP contribution in [0.1, 0.15) is 53.9 Å². The standard InChI is InChI=1S/C17H22N4/c1-3-13-11(2)19-16(20-17(13)21-18)15-10-6-8-12-7-4-5-9-14(12)15/h4-5,7,9,15H,3,6,8,10,18H2,1-2H3,(H,19,20,21). The van der Waals surface area contributed by atoms with E-state index < -0.39 is 0 Å². The van der Waals surface area contributed by atoms with Gasteiger partial charge in [0.2, 0.25) is 0 Å². The van der Waals surface area contributed by atoms with Gasteiger partial charge >= 0.3 is 0 Å². The fourth-order valence-electron chi connectivity index (χ4n) is 3.34. The smallest absolute Gasteiger partial charge is 0.147 e. The van der Waals surface area contributed by atoms with E-state index in [1.807, 2.05) is 6.92 Å². The normalized spacial score (nSPS) is 17.4. The van der Waals surface area contributed by atoms with E-state index in [1.165, 1.54) is 17.5 Å². The van der Waals surface area contributed by atoms with E-state index in [9.17, 15) is 0 Å². The molecule has 21 heavy (non-hydrogen) atoms. The Kier molecular flexibility index (Phi) is 3.88. The molecule has 1 aromatic heterocycles. The van der Waals surface area contributed by atoms with Crippen molar-refractivity contribution in [3.05, 3.63) is 52.5 Å². The van der Waals surface area contributed by atoms with Crippen molar-refractivity contribution in [2.75, 3.05) is 5.43 Å². The van der Waals surface area contributed by atoms with Gasteiger partial charge in [-0.05, 0) is 43.7 Å². The molecule has 1 heterocycles. The molecule has 0 saturated carbocycles. The lowest BCUT2D eigenvalue weighted by molar-refractivity contribution is 0.588. The first-order valence-electron chi connectivity index (χ1n) is 7.66. The zero-order valence-corrected chi connectivity index (χ0v) is 12.7. The summed E-state index contributed by atoms with van der Waals surface area (Å²) in [6, 6.07) is 8.64. The molecule has 0 amide bonds. The number of nitrogen functional groups attached to an aromatic ring is 1. The molecule has 3 N–H and O–H groups in total. The minimum Gasteiger partial charge on any atom is -0.308 e. The van der Waals surface area contributed by atoms with Crippen LogP contribution in [-0.2, 0) is 12.8 Å². The molecule has 3 rings (SSSR count). The van der Waals surface area contributed by atoms with Gasteiger partial charge in [-0.2, -0.15) is 0 Å². The van der Waals surface area contributed by atoms with Gasteiger partial charge in [-0.25, -0.2) is 15.8 Å². The Morgan fingerprint density at radius 2 is 2.10 bits per heavy atom. The molecule has 0 bridgehead atoms. The first kappa shape index (κ1) is 14.0. The number of nitrogens with two attached hydrogens (primary N) is 1. The van der Waals surface area contributed by atoms with E-state index in [-0.39, 0.29) is 5.92 Å². The molecule has 0 aliphatic heterocycles. The number of anilines is 1. The SMILES string of the molecule is CCc1c(C)nc(C2CCCc3ccccc32)nc1NN. The molecular weight excluding hydrogens is 260 g/mol. The second kappa shape index (κ2) is 5.82. The quantitative estimate of drug-likeness (QED) is 0.670. The maximum absolute atomic E-state index is 5.65. The molecule has 1 aliphatic rings. The Labute approximate surface area is 125 Å². The highest BCUT2D eigenvalue weighted by Gasteiger charge is 2.25. The lowest BCUT2D eigenvalue weighted by atomic mass is 9.82. The maximum Gasteiger partial charge on any atom is 0.147 e. The number of hydrazine groups is 1. The monoisotopic (exact) mass is 282 g/mol. The third-order valence-corrected chi connectivity index (χ3v) is 4.40. The van der Waals surface area contributed by atoms with E-state index in [4.69, 9.17) is 15.8 Å². The maximum atomic E-state index is 5.65. The van der Waals surface area contributed by atoms with Crippen LogP contribution in [0.5, 0.6) is 0 Å². The van der Waals surface area contributed by atoms with Gasteiger partial charge in [-0.1, -0.05) is 31.2 Å². The van der Waals surface area contributed by atoms with Crippen LogP contribution in [0.3, 0.4) is 0 Å². The number of rotatable bonds is 3. The summed E-state index contributed by atoms with van der Waals surface area (Å²) >= 11 is 0. The van der Waals surface area contributed by atoms with Crippen LogP contribution < -0.4 is 11.3 Å². The first-order chi connectivity index (χ1) is 10.2. The molecule has 2 aromatic rings. The van der Waals surface area contributed by atoms with Crippen molar-refractivity contribution in [3.63, 3.8) is 0 Å². The van der Waals surface area contributed by atoms with E-state index in [0.717, 1.165) is 42.2 Å². The van der Waals surface area contributed by atoms with Crippen LogP contribution in [0, 0.1) is 6.92 Å². The van der Waals surface area contributed by atoms with Crippen molar-refractivity contribution in [1.29, 1.82) is 0 Å². The van der Waals surface area contributed by atoms with Crippen molar-refractivity contribution < 1.29 is 0 Å². The van der Waals surface area contributed by atoms with Crippen molar-refractivity contribution in [2.45, 2.75) is 45.4 Å². The molecule has 0 radical (unpaired) electrons. The summed E-state index contributed by atoms with van der Waals surface area (Å²) in [6.45, 7) is 4.14. The molecule has 1 aromatic carbocycles. The topological polar surface area (TPSA) is 63.8 Å². The second-order valence-electron chi connectivity index (χ2n) is 5.64. The molecule has 1 atom stereocenters. The summed E-state index contributed by atoms with van der Waals surface area (Å²) in [5.41, 5.74) is 7.67. The average Bonchev–Trinajstić information content (AvgIpc) is 2.53. The summed E-state index contributed by atoms with van der Waals surface area (Å²) in [6.07, 6.45) is 4.32. The van der Waals surface area contributed by atoms with Crippen molar-refractivity contribution in [3.8, 4) is 0 Å². The summed E-state index contributed by atoms with van der Waals surface area (Å²) in [7, 11) is 0. The van der Waals surface area contributed by atoms with Gasteiger partial charge < -0.3 is 5.43 Å². The number of benzene rings is 1. The number of hydrogen-bond acceptors (Lipinski definition) is 4. The highest BCUT2D eigenvalue weighted by molar-refractivity contribution is 5.47. The molecule has 1 unspecified atom stereocenters. The van der Waals surface area contributed by atoms with Crippen LogP contribution >= 0.6 is 0 Å². The van der Waals surface area contributed by atoms with Crippen LogP contribution in [0.25, 0.3) is 0 Å². The van der Waals surface area contributed by atoms with Crippen LogP contribution in [0.2, 0.25) is 0 Å². The summed E-state index contributed by atoms with van der Waals surface area (Å²) < 4.78 is 0. The summed E-state index contributed by atoms with van der Waals surface area (Å²) in [5, 5.41) is 0. The van der Waals surface area contributed by atoms with E-state index in [2.05, 4.69) is 36.6 Å². The van der Waals surface area contributed by atoms with Gasteiger partial charge in [0.25, 0.3) is 0 Å². The number of nitrogens with one attached hydrogen (secondary N) is 1. The first-order valence-corrected chi connectivity index (χ1v) is 7.66. The third-order valence-electron chi connectivity index (χ3n) is 4.40. The van der Waals surface area contributed by atoms with Crippen LogP contribution in [-0.4, -0.2) is 9.97 Å². The Bertz CT molecular complexity index is 651. The minimum atomic E-state index is 0.284. The highest BCUT2D eigenvalue weighted by Crippen LogP contribution is 2.35. The number of nitrogens with zero attached hydrogens (tertiary/aromatic N) is 2. The largest absolute Gasteiger partial charge is 0.308 e. The molecule has 4 heteroatoms. The van der Waals surface area contributed by atoms with Gasteiger partial charge in [0.15, 0.2) is 0 Å². The number of aromatic nitrogens is 2. The van der Waals surface area contributed by atoms with Gasteiger partial charge in [0, 0.05) is 17.2 Å². The third kappa shape index (κ3) is 2.51. The second-order valence-corrected chi connectivity index (χ2v) is 5.64. The Balaban J connectivity index is 2.08. The lowest BCUT2D eigenvalue weighted by Crippen LogP contribution is -2.18. The summed E-state index contributed by atoms with van der Waals surface area (Å²) in [4.78, 5) is 9.47. The van der Waals surface area contributed by atoms with Crippen LogP contribution in [0.15, 0.2) is 24.3 Å². The van der Waals surface area contributed by atoms with E-state index in [1.54, 1.807) is 0 Å². The molecule has 0 fully saturated rings. The fourth-order valence-corrected chi connectivity index (χ4v) is 3.34. The van der Waals surface area contributed by atoms with Gasteiger partial charge in [0.05, 0.1) is 0 Å². The van der Waals surface area contributed by atoms with Crippen LogP contribution in [0.4, 0.5) is 5.82 Å². The van der Waals surface area contributed by atoms with E-state index in [0.29, 0.717) is 0 Å². The predicted octanol–water partition coefficient (Wildman–Crippen LogP) is 3.10. The zero-order chi connectivity index (χ0) is 14.8. The van der Waals surface area contributed by atoms with Gasteiger partial charge in [-0.15, -0.1) is 0 Å². The summed E-state index contributed by atoms with van der Waals surface area (Å²) in [5.74, 6) is 7.59. The highest BCUT2D eigenvalue weighted by atomic mass is 15.3. The number of aryl methyl sites for hydroxylation is 2. The molecule has 4 nitrogen and oxygen atoms in total. The molecule has 0 saturated heterocycles. The molecule has 1 aliphatic carbocycles. The van der Waals surface area contributed by atoms with Crippen molar-refractivity contribution in [2.24, 2.45) is 5.84 Å². The molecule has 0 spiro atoms. The van der Waals surface area contributed by atoms with Crippen molar-refractivity contribution in [1.82, 2.24) is 9.97 Å². The predicted molar refractivity (Wildman–Crippen MR) is 85.2 cm³/mol. The van der Waals surface area contributed by atoms with E-state index >= 15 is 0 Å². The fraction of sp³-hybridized carbons (Fsp3) is 0.412. The van der Waals surface area contributed by atoms with Crippen molar-refractivity contribution >= 4 is 5.82 Å². The minimum absolute atomic E-state index is 0.284. The number of fused-ring (bicyclic) bond motifs is 1. The Hall–Kier alpha value is -1.94. The number of hydrogen-bond donors (Lipinski definition) is 2. The molecule has 110 valence electrons. The Morgan fingerprint density at radius 3 is 2.86 bits per heavy atom. The Morgan fingerprint density at radius 1 is 1.29 bits per heavy atom. The van der Waals surface area contributed by atoms with Gasteiger partial charge in [0.1, 0.15) is 11.6 Å². The lowest BCUT2D eigenvalue weighted by Gasteiger charge is -2.25. The van der Waals surface area contributed by atoms with Gasteiger partial charge in [-0.3, -0.25) is 0 Å².